The van der Waals surface area contributed by atoms with Crippen LogP contribution in [0.1, 0.15) is 18.5 Å². The third kappa shape index (κ3) is 6.11. The molecule has 0 aromatic heterocycles. The van der Waals surface area contributed by atoms with E-state index in [1.807, 2.05) is 18.2 Å². The summed E-state index contributed by atoms with van der Waals surface area (Å²) >= 11 is 11.9. The summed E-state index contributed by atoms with van der Waals surface area (Å²) in [6, 6.07) is 6.00. The van der Waals surface area contributed by atoms with Crippen LogP contribution in [0, 0.1) is 0 Å². The molecule has 1 aromatic rings. The number of ether oxygens (including phenoxy) is 1. The molecule has 0 aliphatic rings. The number of hydrogen-bond donors (Lipinski definition) is 1. The van der Waals surface area contributed by atoms with Crippen LogP contribution < -0.4 is 5.32 Å². The first-order chi connectivity index (χ1) is 9.04. The second kappa shape index (κ2) is 8.77. The molecule has 1 atom stereocenters. The molecular formula is C14H22Cl2N2O. The minimum absolute atomic E-state index is 0.255. The van der Waals surface area contributed by atoms with E-state index in [1.54, 1.807) is 7.11 Å². The van der Waals surface area contributed by atoms with Gasteiger partial charge in [0, 0.05) is 32.8 Å². The van der Waals surface area contributed by atoms with Crippen molar-refractivity contribution in [3.8, 4) is 0 Å². The highest BCUT2D eigenvalue weighted by Crippen LogP contribution is 2.25. The van der Waals surface area contributed by atoms with Crippen molar-refractivity contribution in [2.24, 2.45) is 0 Å². The maximum atomic E-state index is 6.02. The lowest BCUT2D eigenvalue weighted by molar-refractivity contribution is 0.161. The Bertz CT molecular complexity index is 388. The monoisotopic (exact) mass is 304 g/mol. The molecule has 0 saturated carbocycles. The molecule has 19 heavy (non-hydrogen) atoms. The van der Waals surface area contributed by atoms with E-state index in [2.05, 4.69) is 24.2 Å². The molecule has 108 valence electrons. The van der Waals surface area contributed by atoms with Gasteiger partial charge in [-0.15, -0.1) is 0 Å². The van der Waals surface area contributed by atoms with Gasteiger partial charge in [-0.25, -0.2) is 0 Å². The Labute approximate surface area is 125 Å². The quantitative estimate of drug-likeness (QED) is 0.798. The van der Waals surface area contributed by atoms with Gasteiger partial charge < -0.3 is 15.0 Å². The maximum absolute atomic E-state index is 6.02. The lowest BCUT2D eigenvalue weighted by Crippen LogP contribution is -2.32. The molecule has 0 bridgehead atoms. The van der Waals surface area contributed by atoms with Crippen LogP contribution in [0.2, 0.25) is 10.0 Å². The van der Waals surface area contributed by atoms with Gasteiger partial charge in [0.1, 0.15) is 0 Å². The molecule has 0 spiro atoms. The number of halogens is 2. The molecular weight excluding hydrogens is 283 g/mol. The second-order valence-corrected chi connectivity index (χ2v) is 5.46. The molecule has 1 aromatic carbocycles. The molecule has 0 amide bonds. The Kier molecular flexibility index (Phi) is 7.73. The SMILES string of the molecule is COCCN(C)CCNC(C)c1ccc(Cl)c(Cl)c1. The lowest BCUT2D eigenvalue weighted by Gasteiger charge is -2.19. The van der Waals surface area contributed by atoms with Crippen molar-refractivity contribution in [3.05, 3.63) is 33.8 Å². The summed E-state index contributed by atoms with van der Waals surface area (Å²) < 4.78 is 5.04. The lowest BCUT2D eigenvalue weighted by atomic mass is 10.1. The van der Waals surface area contributed by atoms with Gasteiger partial charge in [-0.05, 0) is 31.7 Å². The van der Waals surface area contributed by atoms with E-state index < -0.39 is 0 Å². The molecule has 3 nitrogen and oxygen atoms in total. The molecule has 1 unspecified atom stereocenters. The zero-order valence-corrected chi connectivity index (χ0v) is 13.3. The number of nitrogens with zero attached hydrogens (tertiary/aromatic N) is 1. The topological polar surface area (TPSA) is 24.5 Å². The third-order valence-corrected chi connectivity index (χ3v) is 3.80. The average molecular weight is 305 g/mol. The molecule has 0 aliphatic carbocycles. The number of methoxy groups -OCH3 is 1. The van der Waals surface area contributed by atoms with Crippen molar-refractivity contribution < 1.29 is 4.74 Å². The second-order valence-electron chi connectivity index (χ2n) is 4.65. The Hall–Kier alpha value is -0.320. The van der Waals surface area contributed by atoms with Gasteiger partial charge in [-0.3, -0.25) is 0 Å². The van der Waals surface area contributed by atoms with Crippen LogP contribution in [-0.4, -0.2) is 45.3 Å². The Morgan fingerprint density at radius 1 is 1.26 bits per heavy atom. The number of rotatable bonds is 8. The fourth-order valence-electron chi connectivity index (χ4n) is 1.73. The van der Waals surface area contributed by atoms with Crippen molar-refractivity contribution in [1.82, 2.24) is 10.2 Å². The zero-order valence-electron chi connectivity index (χ0n) is 11.7. The molecule has 1 rings (SSSR count). The fourth-order valence-corrected chi connectivity index (χ4v) is 2.04. The van der Waals surface area contributed by atoms with Gasteiger partial charge in [-0.1, -0.05) is 29.3 Å². The predicted molar refractivity (Wildman–Crippen MR) is 82.3 cm³/mol. The Morgan fingerprint density at radius 2 is 2.00 bits per heavy atom. The van der Waals surface area contributed by atoms with Crippen LogP contribution >= 0.6 is 23.2 Å². The van der Waals surface area contributed by atoms with E-state index >= 15 is 0 Å². The van der Waals surface area contributed by atoms with Crippen LogP contribution in [-0.2, 0) is 4.74 Å². The van der Waals surface area contributed by atoms with E-state index in [1.165, 1.54) is 0 Å². The van der Waals surface area contributed by atoms with Gasteiger partial charge >= 0.3 is 0 Å². The number of likely N-dealkylation sites (N-methyl/N-ethyl adjacent to an activating group) is 1. The number of hydrogen-bond acceptors (Lipinski definition) is 3. The first kappa shape index (κ1) is 16.7. The molecule has 1 N–H and O–H groups in total. The Morgan fingerprint density at radius 3 is 2.63 bits per heavy atom. The van der Waals surface area contributed by atoms with E-state index in [0.29, 0.717) is 10.0 Å². The summed E-state index contributed by atoms with van der Waals surface area (Å²) in [5, 5.41) is 4.66. The Balaban J connectivity index is 2.34. The molecule has 0 saturated heterocycles. The summed E-state index contributed by atoms with van der Waals surface area (Å²) in [5.41, 5.74) is 1.15. The van der Waals surface area contributed by atoms with Gasteiger partial charge in [0.15, 0.2) is 0 Å². The minimum Gasteiger partial charge on any atom is -0.383 e. The average Bonchev–Trinajstić information content (AvgIpc) is 2.39. The molecule has 0 radical (unpaired) electrons. The molecule has 0 heterocycles. The van der Waals surface area contributed by atoms with Crippen molar-refractivity contribution >= 4 is 23.2 Å². The van der Waals surface area contributed by atoms with E-state index in [0.717, 1.165) is 31.8 Å². The largest absolute Gasteiger partial charge is 0.383 e. The van der Waals surface area contributed by atoms with Gasteiger partial charge in [0.2, 0.25) is 0 Å². The summed E-state index contributed by atoms with van der Waals surface area (Å²) in [6.07, 6.45) is 0. The normalized spacial score (nSPS) is 12.9. The number of benzene rings is 1. The van der Waals surface area contributed by atoms with Gasteiger partial charge in [-0.2, -0.15) is 0 Å². The molecule has 0 fully saturated rings. The standard InChI is InChI=1S/C14H22Cl2N2O/c1-11(12-4-5-13(15)14(16)10-12)17-6-7-18(2)8-9-19-3/h4-5,10-11,17H,6-9H2,1-3H3. The van der Waals surface area contributed by atoms with E-state index in [-0.39, 0.29) is 6.04 Å². The highest BCUT2D eigenvalue weighted by molar-refractivity contribution is 6.42. The zero-order chi connectivity index (χ0) is 14.3. The van der Waals surface area contributed by atoms with Crippen molar-refractivity contribution in [2.45, 2.75) is 13.0 Å². The van der Waals surface area contributed by atoms with Crippen LogP contribution in [0.4, 0.5) is 0 Å². The summed E-state index contributed by atoms with van der Waals surface area (Å²) in [7, 11) is 3.81. The maximum Gasteiger partial charge on any atom is 0.0595 e. The highest BCUT2D eigenvalue weighted by Gasteiger charge is 2.07. The van der Waals surface area contributed by atoms with Crippen LogP contribution in [0.25, 0.3) is 0 Å². The minimum atomic E-state index is 0.255. The fraction of sp³-hybridized carbons (Fsp3) is 0.571. The van der Waals surface area contributed by atoms with E-state index in [4.69, 9.17) is 27.9 Å². The molecule has 0 aliphatic heterocycles. The molecule has 5 heteroatoms. The van der Waals surface area contributed by atoms with E-state index in [9.17, 15) is 0 Å². The van der Waals surface area contributed by atoms with Gasteiger partial charge in [0.05, 0.1) is 16.7 Å². The first-order valence-electron chi connectivity index (χ1n) is 6.40. The van der Waals surface area contributed by atoms with Crippen LogP contribution in [0.15, 0.2) is 18.2 Å². The predicted octanol–water partition coefficient (Wildman–Crippen LogP) is 3.22. The highest BCUT2D eigenvalue weighted by atomic mass is 35.5. The van der Waals surface area contributed by atoms with Crippen molar-refractivity contribution in [1.29, 1.82) is 0 Å². The summed E-state index contributed by atoms with van der Waals surface area (Å²) in [5.74, 6) is 0. The summed E-state index contributed by atoms with van der Waals surface area (Å²) in [4.78, 5) is 2.23. The van der Waals surface area contributed by atoms with Crippen LogP contribution in [0.3, 0.4) is 0 Å². The van der Waals surface area contributed by atoms with Gasteiger partial charge in [0.25, 0.3) is 0 Å². The summed E-state index contributed by atoms with van der Waals surface area (Å²) in [6.45, 7) is 5.73. The number of nitrogens with one attached hydrogen (secondary N) is 1. The third-order valence-electron chi connectivity index (χ3n) is 3.06. The van der Waals surface area contributed by atoms with Crippen molar-refractivity contribution in [3.63, 3.8) is 0 Å². The van der Waals surface area contributed by atoms with Crippen LogP contribution in [0.5, 0.6) is 0 Å². The van der Waals surface area contributed by atoms with Crippen molar-refractivity contribution in [2.75, 3.05) is 40.4 Å². The first-order valence-corrected chi connectivity index (χ1v) is 7.16. The smallest absolute Gasteiger partial charge is 0.0595 e.